The maximum absolute atomic E-state index is 14.1. The first kappa shape index (κ1) is 31.6. The van der Waals surface area contributed by atoms with Crippen LogP contribution in [0.25, 0.3) is 22.3 Å². The molecule has 0 fully saturated rings. The molecular weight excluding hydrogens is 554 g/mol. The van der Waals surface area contributed by atoms with Crippen molar-refractivity contribution >= 4 is 17.6 Å². The van der Waals surface area contributed by atoms with Gasteiger partial charge in [0.25, 0.3) is 5.91 Å². The third-order valence-electron chi connectivity index (χ3n) is 7.28. The van der Waals surface area contributed by atoms with E-state index in [1.165, 1.54) is 24.3 Å². The van der Waals surface area contributed by atoms with E-state index in [1.807, 2.05) is 37.5 Å². The fourth-order valence-corrected chi connectivity index (χ4v) is 5.35. The highest BCUT2D eigenvalue weighted by Gasteiger charge is 2.30. The number of carbonyl (C=O) groups excluding carboxylic acids is 1. The second-order valence-electron chi connectivity index (χ2n) is 11.0. The first-order valence-corrected chi connectivity index (χ1v) is 14.2. The number of aromatic nitrogens is 1. The van der Waals surface area contributed by atoms with Gasteiger partial charge in [-0.05, 0) is 87.6 Å². The quantitative estimate of drug-likeness (QED) is 0.146. The molecule has 0 radical (unpaired) electrons. The summed E-state index contributed by atoms with van der Waals surface area (Å²) in [7, 11) is 0. The molecule has 3 aromatic carbocycles. The fourth-order valence-electron chi connectivity index (χ4n) is 5.35. The monoisotopic (exact) mass is 590 g/mol. The zero-order chi connectivity index (χ0) is 31.3. The van der Waals surface area contributed by atoms with Gasteiger partial charge < -0.3 is 25.2 Å². The zero-order valence-electron chi connectivity index (χ0n) is 24.3. The molecule has 0 spiro atoms. The normalized spacial score (nSPS) is 12.7. The van der Waals surface area contributed by atoms with E-state index in [1.54, 1.807) is 36.4 Å². The van der Waals surface area contributed by atoms with Crippen molar-refractivity contribution in [1.29, 1.82) is 0 Å². The molecule has 0 saturated carbocycles. The molecule has 4 rings (SSSR count). The number of aliphatic carboxylic acids is 1. The number of aliphatic hydroxyl groups excluding tert-OH is 2. The molecule has 0 saturated heterocycles. The highest BCUT2D eigenvalue weighted by molar-refractivity contribution is 6.11. The molecule has 0 bridgehead atoms. The molecule has 43 heavy (non-hydrogen) atoms. The lowest BCUT2D eigenvalue weighted by molar-refractivity contribution is -0.139. The average molecular weight is 591 g/mol. The van der Waals surface area contributed by atoms with E-state index in [0.717, 1.165) is 5.56 Å². The van der Waals surface area contributed by atoms with Gasteiger partial charge in [-0.2, -0.15) is 0 Å². The Labute approximate surface area is 249 Å². The van der Waals surface area contributed by atoms with Crippen molar-refractivity contribution in [2.45, 2.75) is 64.7 Å². The second-order valence-corrected chi connectivity index (χ2v) is 11.0. The topological polar surface area (TPSA) is 112 Å². The molecule has 9 heteroatoms. The number of hydrogen-bond acceptors (Lipinski definition) is 4. The Morgan fingerprint density at radius 2 is 1.35 bits per heavy atom. The van der Waals surface area contributed by atoms with E-state index in [-0.39, 0.29) is 25.3 Å². The lowest BCUT2D eigenvalue weighted by atomic mass is 9.92. The standard InChI is InChI=1S/C34H36F2N2O5/c1-20(2)38-29(17-16-27(39)18-28(40)19-30(41)42)31(22-6-10-24(35)11-7-22)32(23-8-12-25(36)13-9-23)33(38)34(43)37-26-14-4-21(3)5-15-26/h4-15,20,27-28,39-40H,16-19H2,1-3H3,(H,37,43)(H,41,42)/t27-,28-/m1/s1. The van der Waals surface area contributed by atoms with Crippen molar-refractivity contribution in [2.75, 3.05) is 5.32 Å². The molecule has 226 valence electrons. The fraction of sp³-hybridized carbons (Fsp3) is 0.294. The van der Waals surface area contributed by atoms with Gasteiger partial charge in [-0.3, -0.25) is 9.59 Å². The van der Waals surface area contributed by atoms with Crippen LogP contribution in [-0.2, 0) is 11.2 Å². The van der Waals surface area contributed by atoms with Gasteiger partial charge >= 0.3 is 5.97 Å². The van der Waals surface area contributed by atoms with Crippen LogP contribution in [0.2, 0.25) is 0 Å². The smallest absolute Gasteiger partial charge is 0.305 e. The summed E-state index contributed by atoms with van der Waals surface area (Å²) in [6.07, 6.45) is -2.46. The molecular formula is C34H36F2N2O5. The van der Waals surface area contributed by atoms with Crippen LogP contribution in [-0.4, -0.2) is 44.0 Å². The molecule has 0 aliphatic heterocycles. The Morgan fingerprint density at radius 1 is 0.814 bits per heavy atom. The summed E-state index contributed by atoms with van der Waals surface area (Å²) in [5.41, 5.74) is 4.98. The SMILES string of the molecule is Cc1ccc(NC(=O)c2c(-c3ccc(F)cc3)c(-c3ccc(F)cc3)c(CC[C@@H](O)C[C@@H](O)CC(=O)O)n2C(C)C)cc1. The summed E-state index contributed by atoms with van der Waals surface area (Å²) < 4.78 is 30.0. The molecule has 4 N–H and O–H groups in total. The van der Waals surface area contributed by atoms with Crippen molar-refractivity contribution < 1.29 is 33.7 Å². The van der Waals surface area contributed by atoms with Gasteiger partial charge in [0.15, 0.2) is 0 Å². The van der Waals surface area contributed by atoms with Crippen LogP contribution in [0.5, 0.6) is 0 Å². The van der Waals surface area contributed by atoms with Gasteiger partial charge in [0, 0.05) is 28.6 Å². The molecule has 7 nitrogen and oxygen atoms in total. The van der Waals surface area contributed by atoms with E-state index < -0.39 is 42.1 Å². The highest BCUT2D eigenvalue weighted by atomic mass is 19.1. The van der Waals surface area contributed by atoms with Crippen molar-refractivity contribution in [1.82, 2.24) is 4.57 Å². The predicted molar refractivity (Wildman–Crippen MR) is 162 cm³/mol. The van der Waals surface area contributed by atoms with E-state index in [2.05, 4.69) is 5.32 Å². The highest BCUT2D eigenvalue weighted by Crippen LogP contribution is 2.43. The average Bonchev–Trinajstić information content (AvgIpc) is 3.29. The van der Waals surface area contributed by atoms with Crippen LogP contribution < -0.4 is 5.32 Å². The second kappa shape index (κ2) is 13.8. The minimum absolute atomic E-state index is 0.133. The number of anilines is 1. The molecule has 1 heterocycles. The number of benzene rings is 3. The molecule has 0 aliphatic rings. The summed E-state index contributed by atoms with van der Waals surface area (Å²) in [6.45, 7) is 5.78. The first-order valence-electron chi connectivity index (χ1n) is 14.2. The number of amides is 1. The number of carbonyl (C=O) groups is 2. The van der Waals surface area contributed by atoms with E-state index >= 15 is 0 Å². The van der Waals surface area contributed by atoms with Crippen LogP contribution >= 0.6 is 0 Å². The Hall–Kier alpha value is -4.34. The van der Waals surface area contributed by atoms with Gasteiger partial charge in [-0.15, -0.1) is 0 Å². The van der Waals surface area contributed by atoms with Crippen molar-refractivity contribution in [3.05, 3.63) is 101 Å². The number of hydrogen-bond donors (Lipinski definition) is 4. The van der Waals surface area contributed by atoms with Crippen LogP contribution in [0.1, 0.15) is 60.9 Å². The summed E-state index contributed by atoms with van der Waals surface area (Å²) >= 11 is 0. The zero-order valence-corrected chi connectivity index (χ0v) is 24.3. The van der Waals surface area contributed by atoms with Crippen LogP contribution in [0.15, 0.2) is 72.8 Å². The number of nitrogens with zero attached hydrogens (tertiary/aromatic N) is 1. The molecule has 0 aliphatic carbocycles. The predicted octanol–water partition coefficient (Wildman–Crippen LogP) is 6.76. The molecule has 2 atom stereocenters. The maximum atomic E-state index is 14.1. The number of carboxylic acids is 1. The van der Waals surface area contributed by atoms with E-state index in [9.17, 15) is 28.6 Å². The molecule has 0 unspecified atom stereocenters. The molecule has 4 aromatic rings. The minimum Gasteiger partial charge on any atom is -0.481 e. The van der Waals surface area contributed by atoms with E-state index in [0.29, 0.717) is 39.3 Å². The Morgan fingerprint density at radius 3 is 1.86 bits per heavy atom. The summed E-state index contributed by atoms with van der Waals surface area (Å²) in [5.74, 6) is -2.44. The van der Waals surface area contributed by atoms with Gasteiger partial charge in [-0.1, -0.05) is 42.0 Å². The third-order valence-corrected chi connectivity index (χ3v) is 7.28. The van der Waals surface area contributed by atoms with Crippen molar-refractivity contribution in [2.24, 2.45) is 0 Å². The van der Waals surface area contributed by atoms with Crippen LogP contribution in [0, 0.1) is 18.6 Å². The van der Waals surface area contributed by atoms with Crippen molar-refractivity contribution in [3.63, 3.8) is 0 Å². The minimum atomic E-state index is -1.22. The number of rotatable bonds is 12. The number of halogens is 2. The Kier molecular flexibility index (Phi) is 10.1. The van der Waals surface area contributed by atoms with Crippen LogP contribution in [0.4, 0.5) is 14.5 Å². The lowest BCUT2D eigenvalue weighted by Gasteiger charge is -2.20. The first-order chi connectivity index (χ1) is 20.4. The molecule has 1 amide bonds. The van der Waals surface area contributed by atoms with Gasteiger partial charge in [-0.25, -0.2) is 8.78 Å². The number of carboxylic acid groups (broad SMARTS) is 1. The third kappa shape index (κ3) is 7.74. The van der Waals surface area contributed by atoms with Gasteiger partial charge in [0.05, 0.1) is 18.6 Å². The molecule has 1 aromatic heterocycles. The number of aliphatic hydroxyl groups is 2. The van der Waals surface area contributed by atoms with Crippen molar-refractivity contribution in [3.8, 4) is 22.3 Å². The number of aryl methyl sites for hydroxylation is 1. The summed E-state index contributed by atoms with van der Waals surface area (Å²) in [4.78, 5) is 25.1. The maximum Gasteiger partial charge on any atom is 0.305 e. The summed E-state index contributed by atoms with van der Waals surface area (Å²) in [5, 5.41) is 32.8. The van der Waals surface area contributed by atoms with E-state index in [4.69, 9.17) is 5.11 Å². The Balaban J connectivity index is 1.91. The largest absolute Gasteiger partial charge is 0.481 e. The Bertz CT molecular complexity index is 1560. The van der Waals surface area contributed by atoms with Crippen LogP contribution in [0.3, 0.4) is 0 Å². The number of nitrogens with one attached hydrogen (secondary N) is 1. The van der Waals surface area contributed by atoms with Gasteiger partial charge in [0.2, 0.25) is 0 Å². The lowest BCUT2D eigenvalue weighted by Crippen LogP contribution is -2.22. The van der Waals surface area contributed by atoms with Gasteiger partial charge in [0.1, 0.15) is 17.3 Å². The summed E-state index contributed by atoms with van der Waals surface area (Å²) in [6, 6.07) is 18.8.